The predicted octanol–water partition coefficient (Wildman–Crippen LogP) is 2.05. The molecular formula is C7H8BrNO. The van der Waals surface area contributed by atoms with E-state index in [1.807, 2.05) is 6.92 Å². The third-order valence-corrected chi connectivity index (χ3v) is 1.97. The first-order valence-corrected chi connectivity index (χ1v) is 3.65. The molecule has 0 aliphatic heterocycles. The highest BCUT2D eigenvalue weighted by atomic mass is 79.9. The Bertz CT molecular complexity index is 210. The summed E-state index contributed by atoms with van der Waals surface area (Å²) < 4.78 is 0.635. The van der Waals surface area contributed by atoms with Gasteiger partial charge in [-0.25, -0.2) is 0 Å². The summed E-state index contributed by atoms with van der Waals surface area (Å²) in [6, 6.07) is 3.31. The number of benzene rings is 1. The first-order valence-electron chi connectivity index (χ1n) is 2.86. The average Bonchev–Trinajstić information content (AvgIpc) is 1.84. The number of anilines is 1. The van der Waals surface area contributed by atoms with E-state index < -0.39 is 0 Å². The van der Waals surface area contributed by atoms with E-state index in [1.165, 1.54) is 0 Å². The maximum absolute atomic E-state index is 9.12. The van der Waals surface area contributed by atoms with Gasteiger partial charge in [-0.15, -0.1) is 0 Å². The second kappa shape index (κ2) is 2.50. The van der Waals surface area contributed by atoms with Crippen LogP contribution in [0.1, 0.15) is 5.56 Å². The molecule has 1 rings (SSSR count). The molecule has 3 heteroatoms. The van der Waals surface area contributed by atoms with Crippen molar-refractivity contribution in [1.29, 1.82) is 0 Å². The zero-order chi connectivity index (χ0) is 7.72. The topological polar surface area (TPSA) is 46.2 Å². The van der Waals surface area contributed by atoms with E-state index in [1.54, 1.807) is 12.1 Å². The van der Waals surface area contributed by atoms with Gasteiger partial charge in [-0.05, 0) is 40.5 Å². The van der Waals surface area contributed by atoms with Gasteiger partial charge in [0.1, 0.15) is 5.75 Å². The molecule has 0 amide bonds. The van der Waals surface area contributed by atoms with Gasteiger partial charge < -0.3 is 10.8 Å². The standard InChI is InChI=1S/C7H8BrNO/c1-4-2-7(10)5(8)3-6(4)9/h2-3,10H,9H2,1H3. The van der Waals surface area contributed by atoms with Crippen molar-refractivity contribution in [3.05, 3.63) is 22.2 Å². The number of halogens is 1. The van der Waals surface area contributed by atoms with E-state index in [0.29, 0.717) is 10.2 Å². The maximum Gasteiger partial charge on any atom is 0.130 e. The lowest BCUT2D eigenvalue weighted by Gasteiger charge is -2.01. The van der Waals surface area contributed by atoms with Crippen molar-refractivity contribution in [2.24, 2.45) is 0 Å². The van der Waals surface area contributed by atoms with Gasteiger partial charge in [-0.1, -0.05) is 0 Å². The predicted molar refractivity (Wildman–Crippen MR) is 45.0 cm³/mol. The van der Waals surface area contributed by atoms with Gasteiger partial charge in [-0.2, -0.15) is 0 Å². The minimum atomic E-state index is 0.228. The van der Waals surface area contributed by atoms with Crippen molar-refractivity contribution in [2.45, 2.75) is 6.92 Å². The number of rotatable bonds is 0. The van der Waals surface area contributed by atoms with Crippen molar-refractivity contribution in [1.82, 2.24) is 0 Å². The van der Waals surface area contributed by atoms with E-state index in [9.17, 15) is 0 Å². The molecular weight excluding hydrogens is 194 g/mol. The minimum absolute atomic E-state index is 0.228. The second-order valence-electron chi connectivity index (χ2n) is 2.16. The van der Waals surface area contributed by atoms with E-state index in [0.717, 1.165) is 5.56 Å². The van der Waals surface area contributed by atoms with Gasteiger partial charge in [0.25, 0.3) is 0 Å². The summed E-state index contributed by atoms with van der Waals surface area (Å²) in [5.41, 5.74) is 7.12. The second-order valence-corrected chi connectivity index (χ2v) is 3.01. The van der Waals surface area contributed by atoms with Crippen LogP contribution in [0.4, 0.5) is 5.69 Å². The molecule has 0 aliphatic rings. The highest BCUT2D eigenvalue weighted by Gasteiger charge is 1.99. The number of nitrogen functional groups attached to an aromatic ring is 1. The van der Waals surface area contributed by atoms with Crippen LogP contribution >= 0.6 is 15.9 Å². The summed E-state index contributed by atoms with van der Waals surface area (Å²) in [5, 5.41) is 9.12. The number of aromatic hydroxyl groups is 1. The fourth-order valence-corrected chi connectivity index (χ4v) is 1.04. The Morgan fingerprint density at radius 3 is 2.60 bits per heavy atom. The zero-order valence-corrected chi connectivity index (χ0v) is 7.14. The summed E-state index contributed by atoms with van der Waals surface area (Å²) in [5.74, 6) is 0.228. The Morgan fingerprint density at radius 2 is 2.10 bits per heavy atom. The van der Waals surface area contributed by atoms with E-state index >= 15 is 0 Å². The average molecular weight is 202 g/mol. The summed E-state index contributed by atoms with van der Waals surface area (Å²) in [6.07, 6.45) is 0. The molecule has 0 fully saturated rings. The first kappa shape index (κ1) is 7.41. The fourth-order valence-electron chi connectivity index (χ4n) is 0.682. The molecule has 0 atom stereocenters. The van der Waals surface area contributed by atoms with E-state index in [2.05, 4.69) is 15.9 Å². The number of hydrogen-bond donors (Lipinski definition) is 2. The van der Waals surface area contributed by atoms with Crippen LogP contribution in [0.2, 0.25) is 0 Å². The molecule has 1 aromatic rings. The Kier molecular flexibility index (Phi) is 1.85. The smallest absolute Gasteiger partial charge is 0.130 e. The Morgan fingerprint density at radius 1 is 1.50 bits per heavy atom. The fraction of sp³-hybridized carbons (Fsp3) is 0.143. The van der Waals surface area contributed by atoms with Crippen LogP contribution in [0, 0.1) is 6.92 Å². The molecule has 0 aliphatic carbocycles. The van der Waals surface area contributed by atoms with Gasteiger partial charge in [0, 0.05) is 5.69 Å². The molecule has 3 N–H and O–H groups in total. The summed E-state index contributed by atoms with van der Waals surface area (Å²) >= 11 is 3.15. The van der Waals surface area contributed by atoms with E-state index in [4.69, 9.17) is 10.8 Å². The van der Waals surface area contributed by atoms with Gasteiger partial charge in [0.2, 0.25) is 0 Å². The molecule has 0 spiro atoms. The molecule has 2 nitrogen and oxygen atoms in total. The van der Waals surface area contributed by atoms with Crippen LogP contribution in [-0.4, -0.2) is 5.11 Å². The van der Waals surface area contributed by atoms with Crippen LogP contribution in [0.15, 0.2) is 16.6 Å². The molecule has 0 saturated heterocycles. The summed E-state index contributed by atoms with van der Waals surface area (Å²) in [7, 11) is 0. The third-order valence-electron chi connectivity index (χ3n) is 1.34. The molecule has 0 radical (unpaired) electrons. The van der Waals surface area contributed by atoms with Crippen molar-refractivity contribution >= 4 is 21.6 Å². The maximum atomic E-state index is 9.12. The van der Waals surface area contributed by atoms with Gasteiger partial charge in [0.15, 0.2) is 0 Å². The van der Waals surface area contributed by atoms with Crippen molar-refractivity contribution in [3.8, 4) is 5.75 Å². The van der Waals surface area contributed by atoms with Crippen LogP contribution in [0.5, 0.6) is 5.75 Å². The molecule has 0 unspecified atom stereocenters. The van der Waals surface area contributed by atoms with Gasteiger partial charge in [0.05, 0.1) is 4.47 Å². The normalized spacial score (nSPS) is 9.80. The molecule has 54 valence electrons. The summed E-state index contributed by atoms with van der Waals surface area (Å²) in [6.45, 7) is 1.85. The third kappa shape index (κ3) is 1.24. The molecule has 0 aromatic heterocycles. The number of phenolic OH excluding ortho intramolecular Hbond substituents is 1. The largest absolute Gasteiger partial charge is 0.507 e. The van der Waals surface area contributed by atoms with Crippen LogP contribution in [0.25, 0.3) is 0 Å². The monoisotopic (exact) mass is 201 g/mol. The van der Waals surface area contributed by atoms with Crippen LogP contribution < -0.4 is 5.73 Å². The molecule has 0 heterocycles. The number of aryl methyl sites for hydroxylation is 1. The van der Waals surface area contributed by atoms with Gasteiger partial charge >= 0.3 is 0 Å². The molecule has 0 bridgehead atoms. The Hall–Kier alpha value is -0.700. The number of hydrogen-bond acceptors (Lipinski definition) is 2. The number of phenols is 1. The lowest BCUT2D eigenvalue weighted by molar-refractivity contribution is 0.471. The lowest BCUT2D eigenvalue weighted by atomic mass is 10.2. The van der Waals surface area contributed by atoms with Crippen molar-refractivity contribution in [3.63, 3.8) is 0 Å². The van der Waals surface area contributed by atoms with E-state index in [-0.39, 0.29) is 5.75 Å². The molecule has 10 heavy (non-hydrogen) atoms. The lowest BCUT2D eigenvalue weighted by Crippen LogP contribution is -1.88. The zero-order valence-electron chi connectivity index (χ0n) is 5.56. The Balaban J connectivity index is 3.28. The minimum Gasteiger partial charge on any atom is -0.507 e. The van der Waals surface area contributed by atoms with Crippen molar-refractivity contribution in [2.75, 3.05) is 5.73 Å². The molecule has 0 saturated carbocycles. The van der Waals surface area contributed by atoms with Crippen LogP contribution in [0.3, 0.4) is 0 Å². The van der Waals surface area contributed by atoms with Crippen LogP contribution in [-0.2, 0) is 0 Å². The summed E-state index contributed by atoms with van der Waals surface area (Å²) in [4.78, 5) is 0. The highest BCUT2D eigenvalue weighted by molar-refractivity contribution is 9.10. The Labute approximate surface area is 67.8 Å². The highest BCUT2D eigenvalue weighted by Crippen LogP contribution is 2.27. The quantitative estimate of drug-likeness (QED) is 0.499. The molecule has 1 aromatic carbocycles. The SMILES string of the molecule is Cc1cc(O)c(Br)cc1N. The van der Waals surface area contributed by atoms with Gasteiger partial charge in [-0.3, -0.25) is 0 Å². The first-order chi connectivity index (χ1) is 4.61. The number of nitrogens with two attached hydrogens (primary N) is 1. The van der Waals surface area contributed by atoms with Crippen molar-refractivity contribution < 1.29 is 5.11 Å².